The number of carbonyl (C=O) groups is 1. The summed E-state index contributed by atoms with van der Waals surface area (Å²) in [7, 11) is 0. The Labute approximate surface area is 231 Å². The highest BCUT2D eigenvalue weighted by Crippen LogP contribution is 2.29. The number of nitrogens with zero attached hydrogens (tertiary/aromatic N) is 4. The maximum Gasteiger partial charge on any atom is 0.220 e. The van der Waals surface area contributed by atoms with Crippen molar-refractivity contribution in [3.63, 3.8) is 0 Å². The number of hydrogen-bond acceptors (Lipinski definition) is 5. The van der Waals surface area contributed by atoms with Crippen molar-refractivity contribution in [1.29, 1.82) is 0 Å². The van der Waals surface area contributed by atoms with Gasteiger partial charge in [0, 0.05) is 76.6 Å². The summed E-state index contributed by atoms with van der Waals surface area (Å²) in [5.41, 5.74) is 3.03. The van der Waals surface area contributed by atoms with E-state index in [9.17, 15) is 9.18 Å². The number of piperazine rings is 1. The van der Waals surface area contributed by atoms with Crippen LogP contribution in [0.4, 0.5) is 10.1 Å². The first-order valence-corrected chi connectivity index (χ1v) is 14.3. The molecule has 0 unspecified atom stereocenters. The molecule has 1 amide bonds. The van der Waals surface area contributed by atoms with E-state index in [1.165, 1.54) is 5.56 Å². The minimum Gasteiger partial charge on any atom is -0.367 e. The Kier molecular flexibility index (Phi) is 9.57. The van der Waals surface area contributed by atoms with E-state index in [0.29, 0.717) is 30.6 Å². The topological polar surface area (TPSA) is 51.7 Å². The molecular weight excluding hydrogens is 489 g/mol. The average Bonchev–Trinajstić information content (AvgIpc) is 2.98. The third-order valence-corrected chi connectivity index (χ3v) is 8.18. The number of benzene rings is 2. The van der Waals surface area contributed by atoms with Gasteiger partial charge in [0.05, 0.1) is 5.69 Å². The summed E-state index contributed by atoms with van der Waals surface area (Å²) in [4.78, 5) is 24.4. The van der Waals surface area contributed by atoms with Gasteiger partial charge in [-0.1, -0.05) is 48.5 Å². The molecule has 0 spiro atoms. The van der Waals surface area contributed by atoms with Crippen molar-refractivity contribution >= 4 is 11.6 Å². The van der Waals surface area contributed by atoms with E-state index < -0.39 is 0 Å². The number of nitrogens with one attached hydrogen (secondary N) is 1. The molecule has 2 atom stereocenters. The zero-order chi connectivity index (χ0) is 26.9. The summed E-state index contributed by atoms with van der Waals surface area (Å²) in [6, 6.07) is 24.0. The SMILES string of the molecule is O=C(CC[C@@H]1CN(Cc2ccccc2)CC[C@@H]1N1CCN(c2ccccc2F)CC1)NCCc1ccccn1. The Hall–Kier alpha value is -3.29. The molecule has 5 rings (SSSR count). The van der Waals surface area contributed by atoms with Crippen molar-refractivity contribution in [2.75, 3.05) is 50.7 Å². The highest BCUT2D eigenvalue weighted by molar-refractivity contribution is 5.75. The summed E-state index contributed by atoms with van der Waals surface area (Å²) >= 11 is 0. The maximum absolute atomic E-state index is 14.4. The molecule has 2 aromatic carbocycles. The van der Waals surface area contributed by atoms with Gasteiger partial charge in [-0.2, -0.15) is 0 Å². The monoisotopic (exact) mass is 529 g/mol. The van der Waals surface area contributed by atoms with Gasteiger partial charge in [0.25, 0.3) is 0 Å². The molecule has 2 saturated heterocycles. The highest BCUT2D eigenvalue weighted by Gasteiger charge is 2.35. The standard InChI is InChI=1S/C32H40FN5O/c33-29-11-4-5-12-31(29)38-22-20-37(21-23-38)30-16-19-36(24-26-8-2-1-3-9-26)25-27(30)13-14-32(39)35-18-15-28-10-6-7-17-34-28/h1-12,17,27,30H,13-16,18-25H2,(H,35,39)/t27-,30+/m1/s1. The number of hydrogen-bond donors (Lipinski definition) is 1. The fourth-order valence-electron chi connectivity index (χ4n) is 6.13. The van der Waals surface area contributed by atoms with E-state index in [0.717, 1.165) is 70.8 Å². The minimum absolute atomic E-state index is 0.120. The average molecular weight is 530 g/mol. The highest BCUT2D eigenvalue weighted by atomic mass is 19.1. The van der Waals surface area contributed by atoms with E-state index >= 15 is 0 Å². The molecule has 2 aliphatic heterocycles. The zero-order valence-electron chi connectivity index (χ0n) is 22.7. The van der Waals surface area contributed by atoms with Gasteiger partial charge in [-0.3, -0.25) is 19.6 Å². The Morgan fingerprint density at radius 2 is 1.69 bits per heavy atom. The predicted octanol–water partition coefficient (Wildman–Crippen LogP) is 4.37. The molecule has 3 heterocycles. The third-order valence-electron chi connectivity index (χ3n) is 8.18. The summed E-state index contributed by atoms with van der Waals surface area (Å²) in [6.07, 6.45) is 5.04. The van der Waals surface area contributed by atoms with E-state index in [2.05, 4.69) is 55.3 Å². The van der Waals surface area contributed by atoms with Gasteiger partial charge in [0.15, 0.2) is 0 Å². The molecule has 2 aliphatic rings. The van der Waals surface area contributed by atoms with Gasteiger partial charge in [0.2, 0.25) is 5.91 Å². The molecule has 0 bridgehead atoms. The number of piperidine rings is 1. The van der Waals surface area contributed by atoms with Crippen LogP contribution in [0.25, 0.3) is 0 Å². The Morgan fingerprint density at radius 3 is 2.46 bits per heavy atom. The van der Waals surface area contributed by atoms with Crippen LogP contribution in [0.1, 0.15) is 30.5 Å². The number of para-hydroxylation sites is 1. The van der Waals surface area contributed by atoms with Crippen molar-refractivity contribution in [1.82, 2.24) is 20.1 Å². The number of likely N-dealkylation sites (tertiary alicyclic amines) is 1. The normalized spacial score (nSPS) is 20.6. The smallest absolute Gasteiger partial charge is 0.220 e. The molecule has 3 aromatic rings. The fourth-order valence-corrected chi connectivity index (χ4v) is 6.13. The second-order valence-electron chi connectivity index (χ2n) is 10.8. The summed E-state index contributed by atoms with van der Waals surface area (Å²) in [6.45, 7) is 7.10. The largest absolute Gasteiger partial charge is 0.367 e. The summed E-state index contributed by atoms with van der Waals surface area (Å²) < 4.78 is 14.4. The zero-order valence-corrected chi connectivity index (χ0v) is 22.7. The second kappa shape index (κ2) is 13.7. The van der Waals surface area contributed by atoms with Gasteiger partial charge in [-0.25, -0.2) is 4.39 Å². The van der Waals surface area contributed by atoms with Crippen molar-refractivity contribution < 1.29 is 9.18 Å². The van der Waals surface area contributed by atoms with Crippen LogP contribution in [0.5, 0.6) is 0 Å². The summed E-state index contributed by atoms with van der Waals surface area (Å²) in [5, 5.41) is 3.10. The van der Waals surface area contributed by atoms with Crippen molar-refractivity contribution in [2.45, 2.75) is 38.3 Å². The maximum atomic E-state index is 14.4. The number of amides is 1. The molecule has 206 valence electrons. The Morgan fingerprint density at radius 1 is 0.923 bits per heavy atom. The molecule has 2 fully saturated rings. The van der Waals surface area contributed by atoms with Crippen LogP contribution in [0.15, 0.2) is 79.0 Å². The second-order valence-corrected chi connectivity index (χ2v) is 10.8. The third kappa shape index (κ3) is 7.64. The molecule has 0 saturated carbocycles. The van der Waals surface area contributed by atoms with E-state index in [-0.39, 0.29) is 11.7 Å². The van der Waals surface area contributed by atoms with E-state index in [1.807, 2.05) is 30.3 Å². The molecule has 1 aromatic heterocycles. The lowest BCUT2D eigenvalue weighted by atomic mass is 9.86. The molecule has 0 radical (unpaired) electrons. The molecule has 1 N–H and O–H groups in total. The lowest BCUT2D eigenvalue weighted by molar-refractivity contribution is -0.121. The van der Waals surface area contributed by atoms with Gasteiger partial charge < -0.3 is 10.2 Å². The van der Waals surface area contributed by atoms with Crippen LogP contribution in [-0.2, 0) is 17.8 Å². The van der Waals surface area contributed by atoms with Crippen molar-refractivity contribution in [3.8, 4) is 0 Å². The van der Waals surface area contributed by atoms with Gasteiger partial charge in [-0.15, -0.1) is 0 Å². The predicted molar refractivity (Wildman–Crippen MR) is 154 cm³/mol. The van der Waals surface area contributed by atoms with Gasteiger partial charge in [0.1, 0.15) is 5.82 Å². The quantitative estimate of drug-likeness (QED) is 0.423. The molecule has 6 nitrogen and oxygen atoms in total. The lowest BCUT2D eigenvalue weighted by Gasteiger charge is -2.47. The van der Waals surface area contributed by atoms with Crippen LogP contribution in [-0.4, -0.2) is 72.5 Å². The summed E-state index contributed by atoms with van der Waals surface area (Å²) in [5.74, 6) is 0.394. The molecule has 0 aliphatic carbocycles. The minimum atomic E-state index is -0.146. The fraction of sp³-hybridized carbons (Fsp3) is 0.438. The first kappa shape index (κ1) is 27.3. The van der Waals surface area contributed by atoms with E-state index in [1.54, 1.807) is 18.3 Å². The Balaban J connectivity index is 1.17. The van der Waals surface area contributed by atoms with Crippen LogP contribution in [0.2, 0.25) is 0 Å². The van der Waals surface area contributed by atoms with Crippen LogP contribution < -0.4 is 10.2 Å². The van der Waals surface area contributed by atoms with Crippen molar-refractivity contribution in [2.24, 2.45) is 5.92 Å². The number of rotatable bonds is 10. The molecular formula is C32H40FN5O. The van der Waals surface area contributed by atoms with Crippen LogP contribution in [0, 0.1) is 11.7 Å². The van der Waals surface area contributed by atoms with Gasteiger partial charge in [-0.05, 0) is 55.1 Å². The van der Waals surface area contributed by atoms with E-state index in [4.69, 9.17) is 0 Å². The number of pyridine rings is 1. The number of aromatic nitrogens is 1. The lowest BCUT2D eigenvalue weighted by Crippen LogP contribution is -2.56. The number of halogens is 1. The van der Waals surface area contributed by atoms with Crippen LogP contribution >= 0.6 is 0 Å². The first-order valence-electron chi connectivity index (χ1n) is 14.3. The molecule has 7 heteroatoms. The molecule has 39 heavy (non-hydrogen) atoms. The number of anilines is 1. The number of carbonyl (C=O) groups excluding carboxylic acids is 1. The van der Waals surface area contributed by atoms with Crippen molar-refractivity contribution in [3.05, 3.63) is 96.1 Å². The van der Waals surface area contributed by atoms with Gasteiger partial charge >= 0.3 is 0 Å². The Bertz CT molecular complexity index is 1170. The van der Waals surface area contributed by atoms with Crippen LogP contribution in [0.3, 0.4) is 0 Å². The first-order chi connectivity index (χ1) is 19.2.